The van der Waals surface area contributed by atoms with Crippen LogP contribution in [0.2, 0.25) is 0 Å². The Hall–Kier alpha value is -0.325. The SMILES string of the molecule is O=C([O-])c1ccccc1B(O)O.[Na+]. The molecule has 0 unspecified atom stereocenters. The van der Waals surface area contributed by atoms with Crippen LogP contribution in [0.3, 0.4) is 0 Å². The zero-order chi connectivity index (χ0) is 9.14. The fraction of sp³-hybridized carbons (Fsp3) is 0. The predicted octanol–water partition coefficient (Wildman–Crippen LogP) is -5.27. The van der Waals surface area contributed by atoms with Crippen LogP contribution in [-0.2, 0) is 0 Å². The monoisotopic (exact) mass is 188 g/mol. The molecule has 0 amide bonds. The first kappa shape index (κ1) is 12.7. The maximum atomic E-state index is 10.4. The molecule has 62 valence electrons. The molecule has 4 nitrogen and oxygen atoms in total. The van der Waals surface area contributed by atoms with E-state index >= 15 is 0 Å². The molecular weight excluding hydrogens is 182 g/mol. The molecule has 0 bridgehead atoms. The fourth-order valence-electron chi connectivity index (χ4n) is 0.908. The summed E-state index contributed by atoms with van der Waals surface area (Å²) in [6.45, 7) is 0. The summed E-state index contributed by atoms with van der Waals surface area (Å²) < 4.78 is 0. The topological polar surface area (TPSA) is 80.6 Å². The van der Waals surface area contributed by atoms with Crippen LogP contribution in [0.4, 0.5) is 0 Å². The van der Waals surface area contributed by atoms with Crippen molar-refractivity contribution in [3.8, 4) is 0 Å². The molecule has 0 aliphatic carbocycles. The maximum absolute atomic E-state index is 10.4. The summed E-state index contributed by atoms with van der Waals surface area (Å²) in [5.74, 6) is -1.42. The fourth-order valence-corrected chi connectivity index (χ4v) is 0.908. The minimum Gasteiger partial charge on any atom is -0.545 e. The second kappa shape index (κ2) is 5.41. The van der Waals surface area contributed by atoms with Crippen molar-refractivity contribution in [1.29, 1.82) is 0 Å². The van der Waals surface area contributed by atoms with Crippen LogP contribution in [-0.4, -0.2) is 23.1 Å². The molecule has 6 heteroatoms. The second-order valence-electron chi connectivity index (χ2n) is 2.25. The van der Waals surface area contributed by atoms with Gasteiger partial charge >= 0.3 is 36.7 Å². The molecule has 0 fully saturated rings. The minimum absolute atomic E-state index is 0. The van der Waals surface area contributed by atoms with Gasteiger partial charge in [-0.25, -0.2) is 0 Å². The Bertz CT molecular complexity index is 302. The first-order valence-electron chi connectivity index (χ1n) is 3.29. The minimum atomic E-state index is -1.78. The number of hydrogen-bond donors (Lipinski definition) is 2. The van der Waals surface area contributed by atoms with Gasteiger partial charge in [-0.1, -0.05) is 24.3 Å². The number of rotatable bonds is 2. The molecule has 0 aromatic heterocycles. The van der Waals surface area contributed by atoms with Crippen molar-refractivity contribution >= 4 is 18.6 Å². The molecule has 0 atom stereocenters. The summed E-state index contributed by atoms with van der Waals surface area (Å²) in [5.41, 5.74) is -0.259. The number of benzene rings is 1. The van der Waals surface area contributed by atoms with Crippen LogP contribution in [0.5, 0.6) is 0 Å². The van der Waals surface area contributed by atoms with Gasteiger partial charge in [0.15, 0.2) is 0 Å². The molecular formula is C7H6BNaO4. The standard InChI is InChI=1S/C7H7BO4.Na/c9-7(10)5-3-1-2-4-6(5)8(11)12;/h1-4,11-12H,(H,9,10);/q;+1/p-1. The zero-order valence-electron chi connectivity index (χ0n) is 7.10. The molecule has 0 aliphatic heterocycles. The van der Waals surface area contributed by atoms with Crippen LogP contribution >= 0.6 is 0 Å². The summed E-state index contributed by atoms with van der Waals surface area (Å²) in [5, 5.41) is 27.8. The third kappa shape index (κ3) is 3.13. The van der Waals surface area contributed by atoms with Crippen molar-refractivity contribution in [3.05, 3.63) is 29.8 Å². The van der Waals surface area contributed by atoms with Crippen molar-refractivity contribution in [3.63, 3.8) is 0 Å². The smallest absolute Gasteiger partial charge is 0.545 e. The van der Waals surface area contributed by atoms with E-state index in [1.807, 2.05) is 0 Å². The van der Waals surface area contributed by atoms with Gasteiger partial charge < -0.3 is 19.9 Å². The second-order valence-corrected chi connectivity index (χ2v) is 2.25. The van der Waals surface area contributed by atoms with Crippen LogP contribution in [0, 0.1) is 0 Å². The van der Waals surface area contributed by atoms with Gasteiger partial charge in [0.05, 0.1) is 5.97 Å². The van der Waals surface area contributed by atoms with Crippen molar-refractivity contribution in [2.75, 3.05) is 0 Å². The summed E-state index contributed by atoms with van der Waals surface area (Å²) in [6.07, 6.45) is 0. The van der Waals surface area contributed by atoms with Gasteiger partial charge in [-0.05, 0) is 11.0 Å². The van der Waals surface area contributed by atoms with Crippen LogP contribution in [0.1, 0.15) is 10.4 Å². The van der Waals surface area contributed by atoms with Crippen LogP contribution in [0.15, 0.2) is 24.3 Å². The van der Waals surface area contributed by atoms with E-state index in [-0.39, 0.29) is 40.6 Å². The Morgan fingerprint density at radius 3 is 2.23 bits per heavy atom. The number of hydrogen-bond acceptors (Lipinski definition) is 4. The molecule has 1 aromatic carbocycles. The van der Waals surface area contributed by atoms with Gasteiger partial charge in [0.1, 0.15) is 0 Å². The van der Waals surface area contributed by atoms with E-state index < -0.39 is 13.1 Å². The number of carboxylic acid groups (broad SMARTS) is 1. The molecule has 0 spiro atoms. The van der Waals surface area contributed by atoms with E-state index in [4.69, 9.17) is 10.0 Å². The Kier molecular flexibility index (Phi) is 5.28. The van der Waals surface area contributed by atoms with Gasteiger partial charge in [0.2, 0.25) is 0 Å². The number of carbonyl (C=O) groups excluding carboxylic acids is 1. The third-order valence-corrected chi connectivity index (χ3v) is 1.46. The van der Waals surface area contributed by atoms with Crippen molar-refractivity contribution in [2.45, 2.75) is 0 Å². The molecule has 1 aromatic rings. The third-order valence-electron chi connectivity index (χ3n) is 1.46. The molecule has 1 rings (SSSR count). The quantitative estimate of drug-likeness (QED) is 0.454. The molecule has 13 heavy (non-hydrogen) atoms. The Morgan fingerprint density at radius 2 is 1.85 bits per heavy atom. The van der Waals surface area contributed by atoms with E-state index in [2.05, 4.69) is 0 Å². The number of aromatic carboxylic acids is 1. The Labute approximate surface area is 97.6 Å². The van der Waals surface area contributed by atoms with Crippen molar-refractivity contribution in [2.24, 2.45) is 0 Å². The van der Waals surface area contributed by atoms with Gasteiger partial charge in [-0.15, -0.1) is 0 Å². The van der Waals surface area contributed by atoms with Gasteiger partial charge in [-0.2, -0.15) is 0 Å². The van der Waals surface area contributed by atoms with E-state index in [0.717, 1.165) is 0 Å². The first-order valence-corrected chi connectivity index (χ1v) is 3.29. The average molecular weight is 188 g/mol. The summed E-state index contributed by atoms with van der Waals surface area (Å²) in [6, 6.07) is 5.57. The summed E-state index contributed by atoms with van der Waals surface area (Å²) in [7, 11) is -1.78. The molecule has 0 saturated carbocycles. The zero-order valence-corrected chi connectivity index (χ0v) is 9.10. The van der Waals surface area contributed by atoms with Gasteiger partial charge in [0.25, 0.3) is 0 Å². The van der Waals surface area contributed by atoms with Crippen LogP contribution in [0.25, 0.3) is 0 Å². The van der Waals surface area contributed by atoms with E-state index in [1.165, 1.54) is 24.3 Å². The normalized spacial score (nSPS) is 8.77. The molecule has 0 heterocycles. The maximum Gasteiger partial charge on any atom is 1.00 e. The number of carbonyl (C=O) groups is 1. The van der Waals surface area contributed by atoms with Crippen LogP contribution < -0.4 is 40.1 Å². The number of carboxylic acids is 1. The molecule has 0 saturated heterocycles. The predicted molar refractivity (Wildman–Crippen MR) is 40.6 cm³/mol. The Balaban J connectivity index is 0.00000144. The molecule has 0 aliphatic rings. The van der Waals surface area contributed by atoms with E-state index in [1.54, 1.807) is 0 Å². The van der Waals surface area contributed by atoms with Gasteiger partial charge in [0, 0.05) is 0 Å². The summed E-state index contributed by atoms with van der Waals surface area (Å²) in [4.78, 5) is 10.4. The average Bonchev–Trinajstić information content (AvgIpc) is 2.04. The Morgan fingerprint density at radius 1 is 1.31 bits per heavy atom. The molecule has 2 N–H and O–H groups in total. The largest absolute Gasteiger partial charge is 1.00 e. The van der Waals surface area contributed by atoms with Gasteiger partial charge in [-0.3, -0.25) is 0 Å². The van der Waals surface area contributed by atoms with Crippen molar-refractivity contribution < 1.29 is 49.5 Å². The van der Waals surface area contributed by atoms with E-state index in [0.29, 0.717) is 0 Å². The van der Waals surface area contributed by atoms with E-state index in [9.17, 15) is 9.90 Å². The van der Waals surface area contributed by atoms with Crippen molar-refractivity contribution in [1.82, 2.24) is 0 Å². The molecule has 0 radical (unpaired) electrons. The summed E-state index contributed by atoms with van der Waals surface area (Å²) >= 11 is 0. The first-order chi connectivity index (χ1) is 5.63.